The second-order valence-corrected chi connectivity index (χ2v) is 1.42. The minimum absolute atomic E-state index is 0.507. The van der Waals surface area contributed by atoms with Crippen molar-refractivity contribution in [3.63, 3.8) is 0 Å². The van der Waals surface area contributed by atoms with E-state index in [0.717, 1.165) is 0 Å². The fourth-order valence-corrected chi connectivity index (χ4v) is 0.341. The summed E-state index contributed by atoms with van der Waals surface area (Å²) < 4.78 is 4.63. The lowest BCUT2D eigenvalue weighted by Gasteiger charge is -2.14. The van der Waals surface area contributed by atoms with Gasteiger partial charge in [0.25, 0.3) is 0 Å². The van der Waals surface area contributed by atoms with Crippen LogP contribution in [0.5, 0.6) is 0 Å². The molecule has 8 heavy (non-hydrogen) atoms. The summed E-state index contributed by atoms with van der Waals surface area (Å²) in [5, 5.41) is 5.22. The molecule has 1 rings (SSSR count). The van der Waals surface area contributed by atoms with Crippen LogP contribution in [0.15, 0.2) is 17.2 Å². The lowest BCUT2D eigenvalue weighted by atomic mass is 10.7. The molecular formula is C4H7N3O. The molecular weight excluding hydrogens is 106 g/mol. The molecule has 0 bridgehead atoms. The van der Waals surface area contributed by atoms with E-state index >= 15 is 0 Å². The van der Waals surface area contributed by atoms with E-state index in [1.165, 1.54) is 17.7 Å². The van der Waals surface area contributed by atoms with Gasteiger partial charge in [-0.1, -0.05) is 0 Å². The van der Waals surface area contributed by atoms with E-state index in [1.54, 1.807) is 7.05 Å². The molecule has 0 aromatic carbocycles. The highest BCUT2D eigenvalue weighted by Gasteiger charge is 1.98. The quantitative estimate of drug-likeness (QED) is 0.467. The van der Waals surface area contributed by atoms with E-state index in [1.807, 2.05) is 0 Å². The molecule has 0 atom stereocenters. The first-order valence-corrected chi connectivity index (χ1v) is 2.18. The van der Waals surface area contributed by atoms with Gasteiger partial charge in [0.1, 0.15) is 6.26 Å². The van der Waals surface area contributed by atoms with Gasteiger partial charge < -0.3 is 10.5 Å². The Kier molecular flexibility index (Phi) is 1.07. The number of rotatable bonds is 0. The molecule has 1 aliphatic heterocycles. The number of nitrogens with zero attached hydrogens (tertiary/aromatic N) is 2. The maximum absolute atomic E-state index is 5.33. The SMILES string of the molecule is CN1N=COC=C1N. The van der Waals surface area contributed by atoms with E-state index in [9.17, 15) is 0 Å². The molecule has 4 nitrogen and oxygen atoms in total. The number of hydrogen-bond donors (Lipinski definition) is 1. The van der Waals surface area contributed by atoms with Gasteiger partial charge in [-0.05, 0) is 0 Å². The lowest BCUT2D eigenvalue weighted by Crippen LogP contribution is -2.20. The topological polar surface area (TPSA) is 50.8 Å². The third-order valence-corrected chi connectivity index (χ3v) is 0.844. The second kappa shape index (κ2) is 1.73. The van der Waals surface area contributed by atoms with Crippen molar-refractivity contribution in [2.45, 2.75) is 0 Å². The Morgan fingerprint density at radius 3 is 3.00 bits per heavy atom. The normalized spacial score (nSPS) is 17.6. The Morgan fingerprint density at radius 2 is 2.62 bits per heavy atom. The molecule has 2 N–H and O–H groups in total. The zero-order valence-electron chi connectivity index (χ0n) is 4.53. The van der Waals surface area contributed by atoms with Crippen molar-refractivity contribution in [3.05, 3.63) is 12.1 Å². The molecule has 0 fully saturated rings. The molecule has 1 aliphatic rings. The highest BCUT2D eigenvalue weighted by molar-refractivity contribution is 5.48. The van der Waals surface area contributed by atoms with Gasteiger partial charge in [-0.25, -0.2) is 5.01 Å². The molecule has 4 heteroatoms. The van der Waals surface area contributed by atoms with Crippen LogP contribution in [0.25, 0.3) is 0 Å². The smallest absolute Gasteiger partial charge is 0.199 e. The maximum Gasteiger partial charge on any atom is 0.199 e. The number of nitrogens with two attached hydrogens (primary N) is 1. The standard InChI is InChI=1S/C4H7N3O/c1-7-4(5)2-8-3-6-7/h2-3H,5H2,1H3. The monoisotopic (exact) mass is 113 g/mol. The third kappa shape index (κ3) is 0.726. The Morgan fingerprint density at radius 1 is 1.88 bits per heavy atom. The lowest BCUT2D eigenvalue weighted by molar-refractivity contribution is 0.351. The van der Waals surface area contributed by atoms with Gasteiger partial charge in [0.05, 0.1) is 0 Å². The van der Waals surface area contributed by atoms with Crippen LogP contribution in [0.4, 0.5) is 0 Å². The summed E-state index contributed by atoms with van der Waals surface area (Å²) in [4.78, 5) is 0. The highest BCUT2D eigenvalue weighted by Crippen LogP contribution is 1.97. The molecule has 1 heterocycles. The summed E-state index contributed by atoms with van der Waals surface area (Å²) in [7, 11) is 1.74. The van der Waals surface area contributed by atoms with Crippen molar-refractivity contribution in [2.75, 3.05) is 7.05 Å². The van der Waals surface area contributed by atoms with Gasteiger partial charge in [-0.15, -0.1) is 5.10 Å². The second-order valence-electron chi connectivity index (χ2n) is 1.42. The van der Waals surface area contributed by atoms with Crippen molar-refractivity contribution in [3.8, 4) is 0 Å². The van der Waals surface area contributed by atoms with E-state index < -0.39 is 0 Å². The Labute approximate surface area is 47.2 Å². The largest absolute Gasteiger partial charge is 0.448 e. The minimum atomic E-state index is 0.507. The Balaban J connectivity index is 2.63. The zero-order valence-corrected chi connectivity index (χ0v) is 4.53. The zero-order chi connectivity index (χ0) is 5.98. The van der Waals surface area contributed by atoms with Gasteiger partial charge in [0.2, 0.25) is 0 Å². The number of hydrogen-bond acceptors (Lipinski definition) is 4. The summed E-state index contributed by atoms with van der Waals surface area (Å²) in [6, 6.07) is 0. The minimum Gasteiger partial charge on any atom is -0.448 e. The molecule has 0 aromatic heterocycles. The molecule has 0 spiro atoms. The van der Waals surface area contributed by atoms with Crippen LogP contribution in [0.1, 0.15) is 0 Å². The van der Waals surface area contributed by atoms with Crippen LogP contribution >= 0.6 is 0 Å². The van der Waals surface area contributed by atoms with E-state index in [-0.39, 0.29) is 0 Å². The van der Waals surface area contributed by atoms with Crippen LogP contribution in [0.2, 0.25) is 0 Å². The summed E-state index contributed by atoms with van der Waals surface area (Å²) in [5.74, 6) is 0.507. The van der Waals surface area contributed by atoms with Crippen molar-refractivity contribution >= 4 is 6.40 Å². The van der Waals surface area contributed by atoms with Gasteiger partial charge in [0, 0.05) is 7.05 Å². The van der Waals surface area contributed by atoms with Gasteiger partial charge in [-0.3, -0.25) is 0 Å². The van der Waals surface area contributed by atoms with Crippen LogP contribution < -0.4 is 5.73 Å². The van der Waals surface area contributed by atoms with Crippen LogP contribution in [0, 0.1) is 0 Å². The molecule has 0 amide bonds. The first-order valence-electron chi connectivity index (χ1n) is 2.18. The van der Waals surface area contributed by atoms with Crippen molar-refractivity contribution in [2.24, 2.45) is 10.8 Å². The summed E-state index contributed by atoms with van der Waals surface area (Å²) in [5.41, 5.74) is 5.33. The van der Waals surface area contributed by atoms with Crippen molar-refractivity contribution in [1.82, 2.24) is 5.01 Å². The van der Waals surface area contributed by atoms with Crippen LogP contribution in [0.3, 0.4) is 0 Å². The fourth-order valence-electron chi connectivity index (χ4n) is 0.341. The third-order valence-electron chi connectivity index (χ3n) is 0.844. The predicted octanol–water partition coefficient (Wildman–Crippen LogP) is -0.351. The molecule has 0 saturated heterocycles. The molecule has 0 radical (unpaired) electrons. The Bertz CT molecular complexity index is 140. The predicted molar refractivity (Wildman–Crippen MR) is 29.6 cm³/mol. The van der Waals surface area contributed by atoms with Crippen molar-refractivity contribution < 1.29 is 4.74 Å². The molecule has 0 unspecified atom stereocenters. The van der Waals surface area contributed by atoms with Gasteiger partial charge in [-0.2, -0.15) is 0 Å². The van der Waals surface area contributed by atoms with Crippen molar-refractivity contribution in [1.29, 1.82) is 0 Å². The number of hydrazone groups is 1. The Hall–Kier alpha value is -1.19. The number of ether oxygens (including phenoxy) is 1. The fraction of sp³-hybridized carbons (Fsp3) is 0.250. The van der Waals surface area contributed by atoms with E-state index in [2.05, 4.69) is 9.84 Å². The summed E-state index contributed by atoms with van der Waals surface area (Å²) >= 11 is 0. The first-order chi connectivity index (χ1) is 3.80. The average molecular weight is 113 g/mol. The van der Waals surface area contributed by atoms with Gasteiger partial charge >= 0.3 is 0 Å². The van der Waals surface area contributed by atoms with Crippen LogP contribution in [-0.4, -0.2) is 18.5 Å². The summed E-state index contributed by atoms with van der Waals surface area (Å²) in [6.45, 7) is 0. The molecule has 0 aliphatic carbocycles. The average Bonchev–Trinajstić information content (AvgIpc) is 1.77. The van der Waals surface area contributed by atoms with E-state index in [0.29, 0.717) is 5.82 Å². The maximum atomic E-state index is 5.33. The first kappa shape index (κ1) is 4.96. The molecule has 0 saturated carbocycles. The van der Waals surface area contributed by atoms with Crippen LogP contribution in [-0.2, 0) is 4.74 Å². The molecule has 44 valence electrons. The summed E-state index contributed by atoms with van der Waals surface area (Å²) in [6.07, 6.45) is 2.74. The van der Waals surface area contributed by atoms with E-state index in [4.69, 9.17) is 5.73 Å². The molecule has 0 aromatic rings. The van der Waals surface area contributed by atoms with Gasteiger partial charge in [0.15, 0.2) is 12.2 Å². The highest BCUT2D eigenvalue weighted by atomic mass is 16.5.